The molecule has 0 fully saturated rings. The number of aromatic nitrogens is 2. The highest BCUT2D eigenvalue weighted by Gasteiger charge is 2.06. The maximum atomic E-state index is 10.5. The van der Waals surface area contributed by atoms with Gasteiger partial charge in [0.15, 0.2) is 0 Å². The first-order chi connectivity index (χ1) is 5.59. The summed E-state index contributed by atoms with van der Waals surface area (Å²) in [5.74, 6) is 0. The lowest BCUT2D eigenvalue weighted by atomic mass is 10.3. The second-order valence-corrected chi connectivity index (χ2v) is 3.10. The van der Waals surface area contributed by atoms with E-state index < -0.39 is 5.24 Å². The molecule has 0 spiro atoms. The van der Waals surface area contributed by atoms with Gasteiger partial charge in [0.1, 0.15) is 5.15 Å². The van der Waals surface area contributed by atoms with Gasteiger partial charge < -0.3 is 0 Å². The van der Waals surface area contributed by atoms with Crippen molar-refractivity contribution in [2.24, 2.45) is 0 Å². The first-order valence-electron chi connectivity index (χ1n) is 2.95. The highest BCUT2D eigenvalue weighted by atomic mass is 35.5. The van der Waals surface area contributed by atoms with Crippen molar-refractivity contribution in [2.45, 2.75) is 6.42 Å². The number of carbonyl (C=O) groups is 1. The smallest absolute Gasteiger partial charge is 0.226 e. The van der Waals surface area contributed by atoms with Crippen LogP contribution in [0.1, 0.15) is 5.56 Å². The lowest BCUT2D eigenvalue weighted by Crippen LogP contribution is -1.97. The second-order valence-electron chi connectivity index (χ2n) is 1.99. The zero-order valence-electron chi connectivity index (χ0n) is 5.72. The molecule has 64 valence electrons. The molecule has 0 radical (unpaired) electrons. The Morgan fingerprint density at radius 2 is 2.17 bits per heavy atom. The minimum atomic E-state index is -0.511. The van der Waals surface area contributed by atoms with Crippen molar-refractivity contribution in [3.05, 3.63) is 22.2 Å². The molecule has 0 saturated carbocycles. The summed E-state index contributed by atoms with van der Waals surface area (Å²) >= 11 is 16.2. The van der Waals surface area contributed by atoms with Gasteiger partial charge in [-0.2, -0.15) is 0 Å². The van der Waals surface area contributed by atoms with Crippen molar-refractivity contribution in [1.82, 2.24) is 9.97 Å². The van der Waals surface area contributed by atoms with E-state index in [4.69, 9.17) is 34.8 Å². The maximum Gasteiger partial charge on any atom is 0.226 e. The minimum absolute atomic E-state index is 0.0115. The summed E-state index contributed by atoms with van der Waals surface area (Å²) in [6.45, 7) is 0. The summed E-state index contributed by atoms with van der Waals surface area (Å²) in [6, 6.07) is 0. The van der Waals surface area contributed by atoms with Crippen LogP contribution in [0.4, 0.5) is 0 Å². The van der Waals surface area contributed by atoms with Crippen LogP contribution in [-0.2, 0) is 11.2 Å². The number of rotatable bonds is 2. The molecule has 0 bridgehead atoms. The van der Waals surface area contributed by atoms with E-state index >= 15 is 0 Å². The minimum Gasteiger partial charge on any atom is -0.281 e. The number of halogens is 3. The molecule has 0 amide bonds. The van der Waals surface area contributed by atoms with Crippen molar-refractivity contribution in [1.29, 1.82) is 0 Å². The summed E-state index contributed by atoms with van der Waals surface area (Å²) in [5.41, 5.74) is 0.473. The van der Waals surface area contributed by atoms with Crippen LogP contribution >= 0.6 is 34.8 Å². The molecule has 0 aliphatic carbocycles. The van der Waals surface area contributed by atoms with Crippen molar-refractivity contribution >= 4 is 40.0 Å². The van der Waals surface area contributed by atoms with Crippen LogP contribution in [0.5, 0.6) is 0 Å². The third kappa shape index (κ3) is 2.59. The van der Waals surface area contributed by atoms with E-state index in [9.17, 15) is 4.79 Å². The van der Waals surface area contributed by atoms with E-state index in [1.165, 1.54) is 6.20 Å². The van der Waals surface area contributed by atoms with Gasteiger partial charge in [0.2, 0.25) is 10.5 Å². The quantitative estimate of drug-likeness (QED) is 0.440. The third-order valence-corrected chi connectivity index (χ3v) is 1.75. The van der Waals surface area contributed by atoms with Crippen LogP contribution in [0.25, 0.3) is 0 Å². The summed E-state index contributed by atoms with van der Waals surface area (Å²) in [4.78, 5) is 17.8. The van der Waals surface area contributed by atoms with Crippen LogP contribution in [0, 0.1) is 0 Å². The predicted molar refractivity (Wildman–Crippen MR) is 46.6 cm³/mol. The molecule has 1 aromatic heterocycles. The monoisotopic (exact) mass is 224 g/mol. The fraction of sp³-hybridized carbons (Fsp3) is 0.167. The van der Waals surface area contributed by atoms with E-state index in [0.717, 1.165) is 0 Å². The van der Waals surface area contributed by atoms with Gasteiger partial charge in [-0.15, -0.1) is 0 Å². The van der Waals surface area contributed by atoms with Crippen LogP contribution < -0.4 is 0 Å². The number of nitrogens with zero attached hydrogens (tertiary/aromatic N) is 2. The fourth-order valence-corrected chi connectivity index (χ4v) is 1.15. The van der Waals surface area contributed by atoms with Gasteiger partial charge in [-0.1, -0.05) is 11.6 Å². The van der Waals surface area contributed by atoms with Gasteiger partial charge in [0.25, 0.3) is 0 Å². The summed E-state index contributed by atoms with van der Waals surface area (Å²) < 4.78 is 0. The molecule has 0 unspecified atom stereocenters. The highest BCUT2D eigenvalue weighted by molar-refractivity contribution is 6.63. The molecule has 6 heteroatoms. The topological polar surface area (TPSA) is 42.9 Å². The molecule has 1 aromatic rings. The first-order valence-corrected chi connectivity index (χ1v) is 4.08. The van der Waals surface area contributed by atoms with Crippen molar-refractivity contribution in [2.75, 3.05) is 0 Å². The molecule has 1 rings (SSSR count). The highest BCUT2D eigenvalue weighted by Crippen LogP contribution is 2.15. The Balaban J connectivity index is 2.93. The second kappa shape index (κ2) is 4.03. The van der Waals surface area contributed by atoms with E-state index in [-0.39, 0.29) is 16.9 Å². The summed E-state index contributed by atoms with van der Waals surface area (Å²) in [5, 5.41) is -0.308. The van der Waals surface area contributed by atoms with Crippen molar-refractivity contribution in [3.63, 3.8) is 0 Å². The molecule has 0 aliphatic heterocycles. The molecular weight excluding hydrogens is 222 g/mol. The average molecular weight is 225 g/mol. The van der Waals surface area contributed by atoms with Gasteiger partial charge in [0, 0.05) is 11.8 Å². The zero-order chi connectivity index (χ0) is 9.14. The van der Waals surface area contributed by atoms with E-state index in [2.05, 4.69) is 9.97 Å². The average Bonchev–Trinajstić information content (AvgIpc) is 1.94. The van der Waals surface area contributed by atoms with Gasteiger partial charge in [-0.25, -0.2) is 9.97 Å². The Bertz CT molecular complexity index is 316. The largest absolute Gasteiger partial charge is 0.281 e. The van der Waals surface area contributed by atoms with Gasteiger partial charge in [0.05, 0.1) is 6.42 Å². The fourth-order valence-electron chi connectivity index (χ4n) is 0.634. The Morgan fingerprint density at radius 1 is 1.50 bits per heavy atom. The molecule has 1 heterocycles. The van der Waals surface area contributed by atoms with Crippen molar-refractivity contribution < 1.29 is 4.79 Å². The SMILES string of the molecule is O=C(Cl)Cc1cnc(Cl)nc1Cl. The number of hydrogen-bond donors (Lipinski definition) is 0. The Hall–Kier alpha value is -0.380. The summed E-state index contributed by atoms with van der Waals surface area (Å²) in [6.07, 6.45) is 1.38. The van der Waals surface area contributed by atoms with Crippen molar-refractivity contribution in [3.8, 4) is 0 Å². The van der Waals surface area contributed by atoms with E-state index in [0.29, 0.717) is 5.56 Å². The lowest BCUT2D eigenvalue weighted by molar-refractivity contribution is -0.111. The number of carbonyl (C=O) groups excluding carboxylic acids is 1. The summed E-state index contributed by atoms with van der Waals surface area (Å²) in [7, 11) is 0. The van der Waals surface area contributed by atoms with Crippen LogP contribution in [0.2, 0.25) is 10.4 Å². The van der Waals surface area contributed by atoms with Gasteiger partial charge in [-0.3, -0.25) is 4.79 Å². The third-order valence-electron chi connectivity index (χ3n) is 1.11. The van der Waals surface area contributed by atoms with Gasteiger partial charge in [-0.05, 0) is 23.2 Å². The Labute approximate surface area is 83.7 Å². The molecule has 12 heavy (non-hydrogen) atoms. The van der Waals surface area contributed by atoms with E-state index in [1.54, 1.807) is 0 Å². The molecule has 3 nitrogen and oxygen atoms in total. The molecule has 0 saturated heterocycles. The Morgan fingerprint density at radius 3 is 2.67 bits per heavy atom. The number of hydrogen-bond acceptors (Lipinski definition) is 3. The normalized spacial score (nSPS) is 9.92. The standard InChI is InChI=1S/C6H3Cl3N2O/c7-4(12)1-3-2-10-6(9)11-5(3)8/h2H,1H2. The van der Waals surface area contributed by atoms with Gasteiger partial charge >= 0.3 is 0 Å². The molecule has 0 aliphatic rings. The molecule has 0 N–H and O–H groups in total. The first kappa shape index (κ1) is 9.71. The lowest BCUT2D eigenvalue weighted by Gasteiger charge is -1.98. The zero-order valence-corrected chi connectivity index (χ0v) is 7.99. The van der Waals surface area contributed by atoms with Crippen LogP contribution in [-0.4, -0.2) is 15.2 Å². The van der Waals surface area contributed by atoms with Crippen LogP contribution in [0.3, 0.4) is 0 Å². The molecular formula is C6H3Cl3N2O. The Kier molecular flexibility index (Phi) is 3.26. The van der Waals surface area contributed by atoms with Crippen LogP contribution in [0.15, 0.2) is 6.20 Å². The van der Waals surface area contributed by atoms with E-state index in [1.807, 2.05) is 0 Å². The molecule has 0 aromatic carbocycles. The maximum absolute atomic E-state index is 10.5. The molecule has 0 atom stereocenters. The predicted octanol–water partition coefficient (Wildman–Crippen LogP) is 2.09.